The van der Waals surface area contributed by atoms with E-state index in [4.69, 9.17) is 0 Å². The molecule has 0 bridgehead atoms. The van der Waals surface area contributed by atoms with Gasteiger partial charge in [0.05, 0.1) is 16.7 Å². The second-order valence-corrected chi connectivity index (χ2v) is 16.8. The van der Waals surface area contributed by atoms with Gasteiger partial charge in [-0.3, -0.25) is 0 Å². The Morgan fingerprint density at radius 3 is 2.05 bits per heavy atom. The van der Waals surface area contributed by atoms with Crippen molar-refractivity contribution >= 4 is 91.9 Å². The highest BCUT2D eigenvalue weighted by atomic mass is 32.1. The van der Waals surface area contributed by atoms with Gasteiger partial charge in [0.2, 0.25) is 0 Å². The van der Waals surface area contributed by atoms with E-state index in [1.807, 2.05) is 11.3 Å². The highest BCUT2D eigenvalue weighted by molar-refractivity contribution is 7.26. The molecule has 0 amide bonds. The molecule has 0 aliphatic heterocycles. The molecule has 0 atom stereocenters. The van der Waals surface area contributed by atoms with Crippen molar-refractivity contribution in [1.82, 2.24) is 4.57 Å². The van der Waals surface area contributed by atoms with Crippen LogP contribution in [0.1, 0.15) is 25.0 Å². The lowest BCUT2D eigenvalue weighted by Crippen LogP contribution is -2.16. The second-order valence-electron chi connectivity index (χ2n) is 15.7. The number of thiophene rings is 1. The van der Waals surface area contributed by atoms with Crippen molar-refractivity contribution in [2.45, 2.75) is 19.3 Å². The monoisotopic (exact) mass is 732 g/mol. The normalized spacial score (nSPS) is 13.3. The summed E-state index contributed by atoms with van der Waals surface area (Å²) >= 11 is 1.88. The molecule has 9 aromatic carbocycles. The zero-order chi connectivity index (χ0) is 37.1. The summed E-state index contributed by atoms with van der Waals surface area (Å²) < 4.78 is 5.11. The lowest BCUT2D eigenvalue weighted by molar-refractivity contribution is 0.660. The van der Waals surface area contributed by atoms with Gasteiger partial charge in [-0.2, -0.15) is 0 Å². The van der Waals surface area contributed by atoms with Gasteiger partial charge in [0.1, 0.15) is 0 Å². The van der Waals surface area contributed by atoms with Gasteiger partial charge in [0, 0.05) is 58.8 Å². The molecule has 56 heavy (non-hydrogen) atoms. The number of hydrogen-bond donors (Lipinski definition) is 0. The lowest BCUT2D eigenvalue weighted by atomic mass is 9.82. The molecule has 0 radical (unpaired) electrons. The van der Waals surface area contributed by atoms with E-state index in [9.17, 15) is 0 Å². The molecule has 3 heteroatoms. The Labute approximate surface area is 329 Å². The Hall–Kier alpha value is -6.68. The van der Waals surface area contributed by atoms with Gasteiger partial charge in [-0.1, -0.05) is 129 Å². The predicted octanol–water partition coefficient (Wildman–Crippen LogP) is 15.2. The number of rotatable bonds is 4. The van der Waals surface area contributed by atoms with Crippen LogP contribution < -0.4 is 4.90 Å². The van der Waals surface area contributed by atoms with E-state index >= 15 is 0 Å². The summed E-state index contributed by atoms with van der Waals surface area (Å²) in [6.45, 7) is 4.74. The van der Waals surface area contributed by atoms with Gasteiger partial charge in [0.25, 0.3) is 0 Å². The third-order valence-corrected chi connectivity index (χ3v) is 13.5. The minimum atomic E-state index is -0.116. The largest absolute Gasteiger partial charge is 0.310 e. The SMILES string of the molecule is CC1(C)c2ccccc2-c2ccc(N(c3ccc4c(c3)c3c5c(ccc3n4-c3ccc4ccccc4c3)sc3ccccc35)c3cccc4ccccc34)cc21. The molecule has 2 aromatic heterocycles. The smallest absolute Gasteiger partial charge is 0.0548 e. The molecule has 0 N–H and O–H groups in total. The van der Waals surface area contributed by atoms with Crippen LogP contribution in [-0.2, 0) is 5.41 Å². The minimum Gasteiger partial charge on any atom is -0.310 e. The molecule has 0 saturated heterocycles. The van der Waals surface area contributed by atoms with Crippen LogP contribution in [0.3, 0.4) is 0 Å². The first kappa shape index (κ1) is 31.6. The Bertz CT molecular complexity index is 3410. The van der Waals surface area contributed by atoms with E-state index in [0.717, 1.165) is 11.4 Å². The van der Waals surface area contributed by atoms with Crippen molar-refractivity contribution in [1.29, 1.82) is 0 Å². The van der Waals surface area contributed by atoms with Crippen molar-refractivity contribution in [3.05, 3.63) is 193 Å². The second kappa shape index (κ2) is 11.7. The molecule has 1 aliphatic carbocycles. The van der Waals surface area contributed by atoms with Crippen LogP contribution in [0, 0.1) is 0 Å². The number of nitrogens with zero attached hydrogens (tertiary/aromatic N) is 2. The van der Waals surface area contributed by atoms with E-state index in [1.54, 1.807) is 0 Å². The fraction of sp³-hybridized carbons (Fsp3) is 0.0566. The number of anilines is 3. The Morgan fingerprint density at radius 2 is 1.14 bits per heavy atom. The first-order chi connectivity index (χ1) is 27.5. The summed E-state index contributed by atoms with van der Waals surface area (Å²) in [5.74, 6) is 0. The van der Waals surface area contributed by atoms with Crippen molar-refractivity contribution in [3.63, 3.8) is 0 Å². The molecular formula is C53H36N2S. The van der Waals surface area contributed by atoms with Gasteiger partial charge >= 0.3 is 0 Å². The highest BCUT2D eigenvalue weighted by Gasteiger charge is 2.36. The van der Waals surface area contributed by atoms with Crippen LogP contribution in [0.25, 0.3) is 80.3 Å². The summed E-state index contributed by atoms with van der Waals surface area (Å²) in [4.78, 5) is 2.49. The fourth-order valence-corrected chi connectivity index (χ4v) is 10.8. The zero-order valence-corrected chi connectivity index (χ0v) is 31.9. The maximum atomic E-state index is 2.49. The molecule has 11 aromatic rings. The van der Waals surface area contributed by atoms with Gasteiger partial charge in [-0.05, 0) is 105 Å². The predicted molar refractivity (Wildman–Crippen MR) is 241 cm³/mol. The summed E-state index contributed by atoms with van der Waals surface area (Å²) in [6.07, 6.45) is 0. The topological polar surface area (TPSA) is 8.17 Å². The average molecular weight is 733 g/mol. The Balaban J connectivity index is 1.17. The zero-order valence-electron chi connectivity index (χ0n) is 31.1. The van der Waals surface area contributed by atoms with Crippen molar-refractivity contribution in [3.8, 4) is 16.8 Å². The van der Waals surface area contributed by atoms with E-state index in [1.165, 1.54) is 97.2 Å². The molecule has 2 nitrogen and oxygen atoms in total. The summed E-state index contributed by atoms with van der Waals surface area (Å²) in [6, 6.07) is 67.7. The van der Waals surface area contributed by atoms with Crippen LogP contribution in [0.2, 0.25) is 0 Å². The molecule has 0 unspecified atom stereocenters. The summed E-state index contributed by atoms with van der Waals surface area (Å²) in [5, 5.41) is 10.1. The molecule has 0 fully saturated rings. The van der Waals surface area contributed by atoms with E-state index in [0.29, 0.717) is 0 Å². The van der Waals surface area contributed by atoms with Crippen molar-refractivity contribution in [2.24, 2.45) is 0 Å². The molecular weight excluding hydrogens is 697 g/mol. The first-order valence-electron chi connectivity index (χ1n) is 19.4. The van der Waals surface area contributed by atoms with Crippen LogP contribution in [0.15, 0.2) is 182 Å². The molecule has 0 saturated carbocycles. The average Bonchev–Trinajstić information content (AvgIpc) is 3.86. The number of hydrogen-bond acceptors (Lipinski definition) is 2. The molecule has 0 spiro atoms. The third-order valence-electron chi connectivity index (χ3n) is 12.3. The number of fused-ring (bicyclic) bond motifs is 12. The minimum absolute atomic E-state index is 0.116. The summed E-state index contributed by atoms with van der Waals surface area (Å²) in [5.41, 5.74) is 12.3. The maximum Gasteiger partial charge on any atom is 0.0548 e. The lowest BCUT2D eigenvalue weighted by Gasteiger charge is -2.29. The Morgan fingerprint density at radius 1 is 0.446 bits per heavy atom. The van der Waals surface area contributed by atoms with E-state index < -0.39 is 0 Å². The van der Waals surface area contributed by atoms with Gasteiger partial charge in [0.15, 0.2) is 0 Å². The first-order valence-corrected chi connectivity index (χ1v) is 20.2. The number of benzene rings is 9. The quantitative estimate of drug-likeness (QED) is 0.175. The van der Waals surface area contributed by atoms with Crippen LogP contribution in [-0.4, -0.2) is 4.57 Å². The number of aromatic nitrogens is 1. The molecule has 12 rings (SSSR count). The van der Waals surface area contributed by atoms with Gasteiger partial charge in [-0.15, -0.1) is 11.3 Å². The van der Waals surface area contributed by atoms with E-state index in [2.05, 4.69) is 205 Å². The van der Waals surface area contributed by atoms with Crippen LogP contribution in [0.5, 0.6) is 0 Å². The van der Waals surface area contributed by atoms with Crippen LogP contribution >= 0.6 is 11.3 Å². The highest BCUT2D eigenvalue weighted by Crippen LogP contribution is 2.52. The summed E-state index contributed by atoms with van der Waals surface area (Å²) in [7, 11) is 0. The standard InChI is InChI=1S/C53H36N2S/c1-53(2)44-19-9-7-17-40(44)41-26-24-38(32-45(41)53)54(46-20-11-15-34-13-5-6-16-39(34)46)37-25-27-47-43(31-37)51-48(28-29-50-52(51)42-18-8-10-21-49(42)56-50)55(47)36-23-22-33-12-3-4-14-35(33)30-36/h3-32H,1-2H3. The molecule has 1 aliphatic rings. The molecule has 2 heterocycles. The van der Waals surface area contributed by atoms with E-state index in [-0.39, 0.29) is 5.41 Å². The Kier molecular flexibility index (Phi) is 6.59. The van der Waals surface area contributed by atoms with Crippen LogP contribution in [0.4, 0.5) is 17.1 Å². The van der Waals surface area contributed by atoms with Gasteiger partial charge in [-0.25, -0.2) is 0 Å². The van der Waals surface area contributed by atoms with Crippen molar-refractivity contribution in [2.75, 3.05) is 4.90 Å². The fourth-order valence-electron chi connectivity index (χ4n) is 9.71. The van der Waals surface area contributed by atoms with Crippen molar-refractivity contribution < 1.29 is 0 Å². The third kappa shape index (κ3) is 4.43. The maximum absolute atomic E-state index is 2.49. The van der Waals surface area contributed by atoms with Gasteiger partial charge < -0.3 is 9.47 Å². The molecule has 264 valence electrons.